The molecule has 1 aromatic heterocycles. The van der Waals surface area contributed by atoms with Crippen molar-refractivity contribution in [3.63, 3.8) is 0 Å². The molecule has 3 nitrogen and oxygen atoms in total. The minimum atomic E-state index is 0.287. The largest absolute Gasteiger partial charge is 0.493 e. The molecule has 0 saturated carbocycles. The Hall–Kier alpha value is -1.87. The summed E-state index contributed by atoms with van der Waals surface area (Å²) in [5.41, 5.74) is 3.90. The van der Waals surface area contributed by atoms with Gasteiger partial charge in [0.25, 0.3) is 0 Å². The van der Waals surface area contributed by atoms with Crippen molar-refractivity contribution < 1.29 is 4.74 Å². The van der Waals surface area contributed by atoms with Gasteiger partial charge in [0.05, 0.1) is 6.61 Å². The molecule has 20 heavy (non-hydrogen) atoms. The predicted molar refractivity (Wildman–Crippen MR) is 80.0 cm³/mol. The van der Waals surface area contributed by atoms with Gasteiger partial charge in [0.1, 0.15) is 5.75 Å². The van der Waals surface area contributed by atoms with Crippen LogP contribution in [-0.2, 0) is 12.8 Å². The maximum atomic E-state index is 5.84. The van der Waals surface area contributed by atoms with Crippen LogP contribution in [0.5, 0.6) is 5.75 Å². The predicted octanol–water partition coefficient (Wildman–Crippen LogP) is 2.91. The van der Waals surface area contributed by atoms with Gasteiger partial charge in [-0.1, -0.05) is 25.1 Å². The Labute approximate surface area is 120 Å². The van der Waals surface area contributed by atoms with E-state index >= 15 is 0 Å². The van der Waals surface area contributed by atoms with Crippen molar-refractivity contribution >= 4 is 0 Å². The molecule has 1 aromatic carbocycles. The molecule has 0 aliphatic carbocycles. The lowest BCUT2D eigenvalue weighted by molar-refractivity contribution is 0.348. The maximum absolute atomic E-state index is 5.84. The van der Waals surface area contributed by atoms with Crippen LogP contribution in [0.4, 0.5) is 0 Å². The minimum absolute atomic E-state index is 0.287. The summed E-state index contributed by atoms with van der Waals surface area (Å²) in [5.74, 6) is 1.09. The van der Waals surface area contributed by atoms with Crippen LogP contribution in [0.25, 0.3) is 0 Å². The van der Waals surface area contributed by atoms with Crippen molar-refractivity contribution in [1.29, 1.82) is 0 Å². The fourth-order valence-corrected chi connectivity index (χ4v) is 2.81. The summed E-state index contributed by atoms with van der Waals surface area (Å²) in [5, 5.41) is 3.58. The van der Waals surface area contributed by atoms with Crippen molar-refractivity contribution in [2.75, 3.05) is 13.2 Å². The molecule has 0 fully saturated rings. The van der Waals surface area contributed by atoms with Gasteiger partial charge in [0.15, 0.2) is 0 Å². The van der Waals surface area contributed by atoms with E-state index < -0.39 is 0 Å². The highest BCUT2D eigenvalue weighted by Gasteiger charge is 2.21. The Bertz CT molecular complexity index is 568. The van der Waals surface area contributed by atoms with Gasteiger partial charge < -0.3 is 10.1 Å². The van der Waals surface area contributed by atoms with Gasteiger partial charge in [-0.2, -0.15) is 0 Å². The Morgan fingerprint density at radius 1 is 1.25 bits per heavy atom. The molecule has 3 rings (SSSR count). The molecule has 1 unspecified atom stereocenters. The normalized spacial score (nSPS) is 14.7. The van der Waals surface area contributed by atoms with Gasteiger partial charge in [-0.3, -0.25) is 4.98 Å². The molecule has 0 spiro atoms. The van der Waals surface area contributed by atoms with E-state index in [0.717, 1.165) is 31.7 Å². The average Bonchev–Trinajstić information content (AvgIpc) is 2.96. The van der Waals surface area contributed by atoms with Crippen LogP contribution in [-0.4, -0.2) is 18.1 Å². The smallest absolute Gasteiger partial charge is 0.127 e. The van der Waals surface area contributed by atoms with Gasteiger partial charge in [0, 0.05) is 30.4 Å². The first-order valence-corrected chi connectivity index (χ1v) is 7.25. The van der Waals surface area contributed by atoms with E-state index in [1.807, 2.05) is 12.4 Å². The highest BCUT2D eigenvalue weighted by Crippen LogP contribution is 2.34. The molecular formula is C17H20N2O. The third-order valence-corrected chi connectivity index (χ3v) is 3.76. The third kappa shape index (κ3) is 2.68. The topological polar surface area (TPSA) is 34.2 Å². The van der Waals surface area contributed by atoms with Gasteiger partial charge in [-0.25, -0.2) is 0 Å². The Kier molecular flexibility index (Phi) is 3.97. The number of benzene rings is 1. The van der Waals surface area contributed by atoms with E-state index in [0.29, 0.717) is 0 Å². The molecule has 104 valence electrons. The van der Waals surface area contributed by atoms with Gasteiger partial charge in [0.2, 0.25) is 0 Å². The van der Waals surface area contributed by atoms with Crippen LogP contribution in [0.3, 0.4) is 0 Å². The first-order chi connectivity index (χ1) is 9.88. The summed E-state index contributed by atoms with van der Waals surface area (Å²) in [6.07, 6.45) is 5.68. The van der Waals surface area contributed by atoms with E-state index in [2.05, 4.69) is 47.6 Å². The zero-order valence-corrected chi connectivity index (χ0v) is 11.8. The number of likely N-dealkylation sites (N-methyl/N-ethyl adjacent to an activating group) is 1. The van der Waals surface area contributed by atoms with Crippen molar-refractivity contribution in [1.82, 2.24) is 10.3 Å². The molecule has 1 aliphatic heterocycles. The molecule has 0 radical (unpaired) electrons. The van der Waals surface area contributed by atoms with E-state index in [1.165, 1.54) is 16.7 Å². The van der Waals surface area contributed by atoms with Crippen LogP contribution >= 0.6 is 0 Å². The number of nitrogens with one attached hydrogen (secondary N) is 1. The zero-order chi connectivity index (χ0) is 13.8. The summed E-state index contributed by atoms with van der Waals surface area (Å²) < 4.78 is 5.84. The molecular weight excluding hydrogens is 248 g/mol. The second-order valence-corrected chi connectivity index (χ2v) is 5.10. The third-order valence-electron chi connectivity index (χ3n) is 3.76. The summed E-state index contributed by atoms with van der Waals surface area (Å²) in [4.78, 5) is 4.08. The van der Waals surface area contributed by atoms with Crippen LogP contribution in [0, 0.1) is 0 Å². The highest BCUT2D eigenvalue weighted by atomic mass is 16.5. The summed E-state index contributed by atoms with van der Waals surface area (Å²) >= 11 is 0. The molecule has 1 atom stereocenters. The molecule has 1 aliphatic rings. The first-order valence-electron chi connectivity index (χ1n) is 7.25. The van der Waals surface area contributed by atoms with Gasteiger partial charge in [-0.15, -0.1) is 0 Å². The number of aromatic nitrogens is 1. The molecule has 0 amide bonds. The lowest BCUT2D eigenvalue weighted by atomic mass is 9.96. The van der Waals surface area contributed by atoms with Crippen molar-refractivity contribution in [3.05, 3.63) is 59.4 Å². The minimum Gasteiger partial charge on any atom is -0.493 e. The van der Waals surface area contributed by atoms with Crippen LogP contribution in [0.1, 0.15) is 29.7 Å². The number of nitrogens with zero attached hydrogens (tertiary/aromatic N) is 1. The maximum Gasteiger partial charge on any atom is 0.127 e. The second-order valence-electron chi connectivity index (χ2n) is 5.10. The summed E-state index contributed by atoms with van der Waals surface area (Å²) in [6, 6.07) is 10.9. The average molecular weight is 268 g/mol. The number of rotatable bonds is 5. The monoisotopic (exact) mass is 268 g/mol. The highest BCUT2D eigenvalue weighted by molar-refractivity contribution is 5.46. The zero-order valence-electron chi connectivity index (χ0n) is 11.8. The second kappa shape index (κ2) is 6.06. The Morgan fingerprint density at radius 2 is 2.10 bits per heavy atom. The summed E-state index contributed by atoms with van der Waals surface area (Å²) in [7, 11) is 0. The van der Waals surface area contributed by atoms with Gasteiger partial charge >= 0.3 is 0 Å². The molecule has 1 N–H and O–H groups in total. The fraction of sp³-hybridized carbons (Fsp3) is 0.353. The van der Waals surface area contributed by atoms with Gasteiger partial charge in [-0.05, 0) is 36.2 Å². The first kappa shape index (κ1) is 13.1. The van der Waals surface area contributed by atoms with Crippen molar-refractivity contribution in [2.45, 2.75) is 25.8 Å². The van der Waals surface area contributed by atoms with Crippen LogP contribution < -0.4 is 10.1 Å². The number of fused-ring (bicyclic) bond motifs is 1. The molecule has 3 heteroatoms. The number of para-hydroxylation sites is 1. The Balaban J connectivity index is 1.89. The Morgan fingerprint density at radius 3 is 2.90 bits per heavy atom. The standard InChI is InChI=1S/C17H20N2O/c1-2-19-16(12-13-6-9-18-10-7-13)15-5-3-4-14-8-11-20-17(14)15/h3-7,9-10,16,19H,2,8,11-12H2,1H3. The summed E-state index contributed by atoms with van der Waals surface area (Å²) in [6.45, 7) is 3.89. The van der Waals surface area contributed by atoms with E-state index in [1.54, 1.807) is 0 Å². The van der Waals surface area contributed by atoms with Crippen molar-refractivity contribution in [2.24, 2.45) is 0 Å². The molecule has 2 aromatic rings. The van der Waals surface area contributed by atoms with E-state index in [4.69, 9.17) is 4.74 Å². The van der Waals surface area contributed by atoms with E-state index in [9.17, 15) is 0 Å². The lowest BCUT2D eigenvalue weighted by Gasteiger charge is -2.20. The van der Waals surface area contributed by atoms with Crippen LogP contribution in [0.2, 0.25) is 0 Å². The quantitative estimate of drug-likeness (QED) is 0.905. The van der Waals surface area contributed by atoms with E-state index in [-0.39, 0.29) is 6.04 Å². The molecule has 0 saturated heterocycles. The number of ether oxygens (including phenoxy) is 1. The number of pyridine rings is 1. The molecule has 0 bridgehead atoms. The number of hydrogen-bond donors (Lipinski definition) is 1. The lowest BCUT2D eigenvalue weighted by Crippen LogP contribution is -2.23. The SMILES string of the molecule is CCNC(Cc1ccncc1)c1cccc2c1OCC2. The van der Waals surface area contributed by atoms with Crippen LogP contribution in [0.15, 0.2) is 42.7 Å². The number of hydrogen-bond acceptors (Lipinski definition) is 3. The fourth-order valence-electron chi connectivity index (χ4n) is 2.81. The van der Waals surface area contributed by atoms with Crippen molar-refractivity contribution in [3.8, 4) is 5.75 Å². The molecule has 2 heterocycles.